The van der Waals surface area contributed by atoms with E-state index < -0.39 is 0 Å². The van der Waals surface area contributed by atoms with Gasteiger partial charge in [0.2, 0.25) is 0 Å². The van der Waals surface area contributed by atoms with E-state index >= 15 is 0 Å². The second kappa shape index (κ2) is 33.3. The maximum absolute atomic E-state index is 12.2. The molecule has 0 rings (SSSR count). The van der Waals surface area contributed by atoms with Crippen molar-refractivity contribution in [3.05, 3.63) is 0 Å². The van der Waals surface area contributed by atoms with Crippen LogP contribution in [0.3, 0.4) is 0 Å². The molecule has 0 aliphatic rings. The number of unbranched alkanes of at least 4 members (excludes halogenated alkanes) is 26. The first kappa shape index (κ1) is 38.1. The fourth-order valence-electron chi connectivity index (χ4n) is 5.61. The lowest BCUT2D eigenvalue weighted by Gasteiger charge is -2.15. The van der Waals surface area contributed by atoms with Gasteiger partial charge in [-0.25, -0.2) is 0 Å². The van der Waals surface area contributed by atoms with Crippen molar-refractivity contribution in [2.45, 2.75) is 219 Å². The fraction of sp³-hybridized carbons (Fsp3) is 0.944. The van der Waals surface area contributed by atoms with Gasteiger partial charge < -0.3 is 9.53 Å². The molecule has 0 N–H and O–H groups in total. The first-order valence-corrected chi connectivity index (χ1v) is 17.9. The lowest BCUT2D eigenvalue weighted by molar-refractivity contribution is -0.150. The van der Waals surface area contributed by atoms with Crippen LogP contribution in [0.5, 0.6) is 0 Å². The third-order valence-electron chi connectivity index (χ3n) is 8.27. The van der Waals surface area contributed by atoms with Crippen molar-refractivity contribution in [3.63, 3.8) is 0 Å². The maximum atomic E-state index is 12.2. The zero-order valence-electron chi connectivity index (χ0n) is 26.8. The SMILES string of the molecule is CCCCCCCCCCCCCCCCCCCCCCC(=O)OC(CC=O)CCCCCCCCCC. The second-order valence-electron chi connectivity index (χ2n) is 12.2. The Morgan fingerprint density at radius 1 is 0.487 bits per heavy atom. The minimum absolute atomic E-state index is 0.108. The van der Waals surface area contributed by atoms with Gasteiger partial charge in [0.05, 0.1) is 0 Å². The van der Waals surface area contributed by atoms with Crippen LogP contribution < -0.4 is 0 Å². The number of esters is 1. The molecule has 0 amide bonds. The summed E-state index contributed by atoms with van der Waals surface area (Å²) in [7, 11) is 0. The molecule has 0 aliphatic heterocycles. The smallest absolute Gasteiger partial charge is 0.306 e. The third kappa shape index (κ3) is 31.5. The Kier molecular flexibility index (Phi) is 32.6. The van der Waals surface area contributed by atoms with Crippen LogP contribution in [0.4, 0.5) is 0 Å². The first-order valence-electron chi connectivity index (χ1n) is 17.9. The number of aldehydes is 1. The average molecular weight is 551 g/mol. The van der Waals surface area contributed by atoms with Crippen LogP contribution in [-0.2, 0) is 14.3 Å². The van der Waals surface area contributed by atoms with Gasteiger partial charge in [0.1, 0.15) is 12.4 Å². The van der Waals surface area contributed by atoms with Crippen molar-refractivity contribution in [2.75, 3.05) is 0 Å². The minimum Gasteiger partial charge on any atom is -0.462 e. The summed E-state index contributed by atoms with van der Waals surface area (Å²) in [5.41, 5.74) is 0. The van der Waals surface area contributed by atoms with Crippen LogP contribution in [0.15, 0.2) is 0 Å². The summed E-state index contributed by atoms with van der Waals surface area (Å²) in [6.45, 7) is 4.54. The molecule has 0 bridgehead atoms. The van der Waals surface area contributed by atoms with E-state index in [9.17, 15) is 9.59 Å². The van der Waals surface area contributed by atoms with Crippen LogP contribution in [-0.4, -0.2) is 18.4 Å². The summed E-state index contributed by atoms with van der Waals surface area (Å²) in [5, 5.41) is 0. The molecule has 0 radical (unpaired) electrons. The van der Waals surface area contributed by atoms with Gasteiger partial charge in [0.25, 0.3) is 0 Å². The number of hydrogen-bond acceptors (Lipinski definition) is 3. The zero-order chi connectivity index (χ0) is 28.5. The van der Waals surface area contributed by atoms with E-state index in [1.807, 2.05) is 0 Å². The molecule has 0 saturated heterocycles. The van der Waals surface area contributed by atoms with Gasteiger partial charge in [-0.05, 0) is 19.3 Å². The average Bonchev–Trinajstić information content (AvgIpc) is 2.93. The van der Waals surface area contributed by atoms with Gasteiger partial charge in [-0.1, -0.05) is 181 Å². The van der Waals surface area contributed by atoms with Gasteiger partial charge in [-0.3, -0.25) is 4.79 Å². The molecule has 0 aliphatic carbocycles. The molecule has 0 aromatic heterocycles. The van der Waals surface area contributed by atoms with Gasteiger partial charge in [0, 0.05) is 12.8 Å². The summed E-state index contributed by atoms with van der Waals surface area (Å²) < 4.78 is 5.62. The summed E-state index contributed by atoms with van der Waals surface area (Å²) in [6, 6.07) is 0. The topological polar surface area (TPSA) is 43.4 Å². The maximum Gasteiger partial charge on any atom is 0.306 e. The van der Waals surface area contributed by atoms with Crippen molar-refractivity contribution in [1.82, 2.24) is 0 Å². The molecule has 1 unspecified atom stereocenters. The molecular weight excluding hydrogens is 480 g/mol. The summed E-state index contributed by atoms with van der Waals surface area (Å²) in [5.74, 6) is -0.108. The predicted octanol–water partition coefficient (Wildman–Crippen LogP) is 12.2. The zero-order valence-corrected chi connectivity index (χ0v) is 26.8. The quantitative estimate of drug-likeness (QED) is 0.0463. The lowest BCUT2D eigenvalue weighted by atomic mass is 10.0. The van der Waals surface area contributed by atoms with Gasteiger partial charge in [-0.2, -0.15) is 0 Å². The summed E-state index contributed by atoms with van der Waals surface area (Å²) in [4.78, 5) is 23.2. The van der Waals surface area contributed by atoms with E-state index in [2.05, 4.69) is 13.8 Å². The molecule has 3 heteroatoms. The predicted molar refractivity (Wildman–Crippen MR) is 170 cm³/mol. The Hall–Kier alpha value is -0.860. The van der Waals surface area contributed by atoms with Crippen molar-refractivity contribution in [2.24, 2.45) is 0 Å². The summed E-state index contributed by atoms with van der Waals surface area (Å²) in [6.07, 6.45) is 39.7. The molecule has 0 aromatic carbocycles. The molecule has 0 heterocycles. The molecular formula is C36H70O3. The Balaban J connectivity index is 3.42. The largest absolute Gasteiger partial charge is 0.462 e. The van der Waals surface area contributed by atoms with Crippen LogP contribution in [0, 0.1) is 0 Å². The molecule has 0 spiro atoms. The number of rotatable bonds is 33. The monoisotopic (exact) mass is 551 g/mol. The molecule has 39 heavy (non-hydrogen) atoms. The van der Waals surface area contributed by atoms with Crippen LogP contribution in [0.2, 0.25) is 0 Å². The number of hydrogen-bond donors (Lipinski definition) is 0. The highest BCUT2D eigenvalue weighted by molar-refractivity contribution is 5.69. The highest BCUT2D eigenvalue weighted by Gasteiger charge is 2.13. The van der Waals surface area contributed by atoms with E-state index in [1.165, 1.54) is 161 Å². The van der Waals surface area contributed by atoms with E-state index in [0.717, 1.165) is 32.0 Å². The Morgan fingerprint density at radius 3 is 1.13 bits per heavy atom. The Labute approximate surface area is 245 Å². The van der Waals surface area contributed by atoms with E-state index in [0.29, 0.717) is 12.8 Å². The first-order chi connectivity index (χ1) is 19.2. The summed E-state index contributed by atoms with van der Waals surface area (Å²) >= 11 is 0. The molecule has 232 valence electrons. The van der Waals surface area contributed by atoms with E-state index in [1.54, 1.807) is 0 Å². The highest BCUT2D eigenvalue weighted by atomic mass is 16.5. The van der Waals surface area contributed by atoms with Gasteiger partial charge >= 0.3 is 5.97 Å². The highest BCUT2D eigenvalue weighted by Crippen LogP contribution is 2.17. The fourth-order valence-corrected chi connectivity index (χ4v) is 5.61. The van der Waals surface area contributed by atoms with Crippen molar-refractivity contribution >= 4 is 12.3 Å². The van der Waals surface area contributed by atoms with Crippen molar-refractivity contribution in [3.8, 4) is 0 Å². The Bertz CT molecular complexity index is 490. The lowest BCUT2D eigenvalue weighted by Crippen LogP contribution is -2.18. The standard InChI is InChI=1S/C36H70O3/c1-3-5-7-9-11-13-14-15-16-17-18-19-20-21-22-23-24-26-28-30-32-36(38)39-35(33-34-37)31-29-27-25-12-10-8-6-4-2/h34-35H,3-33H2,1-2H3. The van der Waals surface area contributed by atoms with Crippen molar-refractivity contribution < 1.29 is 14.3 Å². The van der Waals surface area contributed by atoms with Crippen LogP contribution in [0.1, 0.15) is 213 Å². The van der Waals surface area contributed by atoms with Crippen LogP contribution >= 0.6 is 0 Å². The minimum atomic E-state index is -0.208. The van der Waals surface area contributed by atoms with Crippen molar-refractivity contribution in [1.29, 1.82) is 0 Å². The Morgan fingerprint density at radius 2 is 0.795 bits per heavy atom. The molecule has 3 nitrogen and oxygen atoms in total. The number of carbonyl (C=O) groups excluding carboxylic acids is 2. The third-order valence-corrected chi connectivity index (χ3v) is 8.27. The normalized spacial score (nSPS) is 12.1. The molecule has 0 fully saturated rings. The molecule has 0 saturated carbocycles. The molecule has 0 aromatic rings. The van der Waals surface area contributed by atoms with E-state index in [-0.39, 0.29) is 12.1 Å². The van der Waals surface area contributed by atoms with Gasteiger partial charge in [-0.15, -0.1) is 0 Å². The van der Waals surface area contributed by atoms with Gasteiger partial charge in [0.15, 0.2) is 0 Å². The second-order valence-corrected chi connectivity index (χ2v) is 12.2. The number of ether oxygens (including phenoxy) is 1. The number of carbonyl (C=O) groups is 2. The molecule has 1 atom stereocenters. The van der Waals surface area contributed by atoms with Crippen LogP contribution in [0.25, 0.3) is 0 Å². The van der Waals surface area contributed by atoms with E-state index in [4.69, 9.17) is 4.74 Å².